The van der Waals surface area contributed by atoms with E-state index in [1.165, 1.54) is 4.57 Å². The molecule has 1 aromatic carbocycles. The van der Waals surface area contributed by atoms with Crippen molar-refractivity contribution >= 4 is 28.9 Å². The van der Waals surface area contributed by atoms with E-state index < -0.39 is 23.4 Å². The molecule has 0 unspecified atom stereocenters. The molecule has 2 N–H and O–H groups in total. The molecule has 0 aliphatic carbocycles. The number of anilines is 1. The number of hydrogen-bond acceptors (Lipinski definition) is 7. The number of piperazine rings is 1. The molecule has 1 saturated heterocycles. The second-order valence-electron chi connectivity index (χ2n) is 8.16. The van der Waals surface area contributed by atoms with Gasteiger partial charge in [0.05, 0.1) is 13.1 Å². The van der Waals surface area contributed by atoms with E-state index in [0.29, 0.717) is 17.2 Å². The Morgan fingerprint density at radius 3 is 2.26 bits per heavy atom. The molecule has 202 valence electrons. The van der Waals surface area contributed by atoms with Crippen LogP contribution in [0.3, 0.4) is 0 Å². The Kier molecular flexibility index (Phi) is 8.74. The molecule has 0 amide bonds. The first-order valence-electron chi connectivity index (χ1n) is 11.4. The van der Waals surface area contributed by atoms with Crippen molar-refractivity contribution in [3.05, 3.63) is 56.7 Å². The van der Waals surface area contributed by atoms with E-state index in [1.54, 1.807) is 48.9 Å². The number of fused-ring (bicyclic) bond motifs is 1. The Morgan fingerprint density at radius 1 is 1.11 bits per heavy atom. The summed E-state index contributed by atoms with van der Waals surface area (Å²) in [6.45, 7) is 4.74. The standard InChI is InChI=1S/C22H24N6O3.C2HF3O2/c1-3-4-12-27-18-19(24-21(27)26-13-10-23-11-14-26)25(2)22(31)28(20(18)30)15-17(29)16-8-6-5-7-9-16;3-2(4,5)1(6)7/h5-9,23H,10-15H2,1-2H3;(H,6,7). The second-order valence-corrected chi connectivity index (χ2v) is 8.16. The van der Waals surface area contributed by atoms with Crippen molar-refractivity contribution in [2.75, 3.05) is 31.1 Å². The molecule has 14 heteroatoms. The van der Waals surface area contributed by atoms with Gasteiger partial charge in [-0.15, -0.1) is 5.92 Å². The van der Waals surface area contributed by atoms with Crippen molar-refractivity contribution < 1.29 is 27.9 Å². The van der Waals surface area contributed by atoms with E-state index in [2.05, 4.69) is 27.0 Å². The van der Waals surface area contributed by atoms with Crippen molar-refractivity contribution in [2.24, 2.45) is 7.05 Å². The van der Waals surface area contributed by atoms with Gasteiger partial charge in [-0.3, -0.25) is 23.3 Å². The Morgan fingerprint density at radius 2 is 1.71 bits per heavy atom. The summed E-state index contributed by atoms with van der Waals surface area (Å²) in [7, 11) is 1.57. The van der Waals surface area contributed by atoms with Crippen molar-refractivity contribution in [3.8, 4) is 11.8 Å². The van der Waals surface area contributed by atoms with Gasteiger partial charge in [0, 0.05) is 38.8 Å². The van der Waals surface area contributed by atoms with Crippen LogP contribution in [0.4, 0.5) is 19.1 Å². The van der Waals surface area contributed by atoms with Gasteiger partial charge in [0.2, 0.25) is 5.95 Å². The molecule has 0 spiro atoms. The first-order valence-corrected chi connectivity index (χ1v) is 11.4. The summed E-state index contributed by atoms with van der Waals surface area (Å²) in [6.07, 6.45) is -5.08. The third kappa shape index (κ3) is 6.12. The van der Waals surface area contributed by atoms with Gasteiger partial charge in [0.15, 0.2) is 16.9 Å². The van der Waals surface area contributed by atoms with Gasteiger partial charge >= 0.3 is 17.8 Å². The zero-order chi connectivity index (χ0) is 28.0. The van der Waals surface area contributed by atoms with Crippen molar-refractivity contribution in [1.82, 2.24) is 24.0 Å². The van der Waals surface area contributed by atoms with Gasteiger partial charge in [-0.2, -0.15) is 18.2 Å². The summed E-state index contributed by atoms with van der Waals surface area (Å²) in [5, 5.41) is 10.4. The average Bonchev–Trinajstić information content (AvgIpc) is 3.29. The monoisotopic (exact) mass is 534 g/mol. The van der Waals surface area contributed by atoms with Crippen molar-refractivity contribution in [1.29, 1.82) is 0 Å². The van der Waals surface area contributed by atoms with Crippen molar-refractivity contribution in [3.63, 3.8) is 0 Å². The van der Waals surface area contributed by atoms with E-state index in [4.69, 9.17) is 9.90 Å². The minimum absolute atomic E-state index is 0.270. The van der Waals surface area contributed by atoms with Gasteiger partial charge < -0.3 is 15.3 Å². The molecular weight excluding hydrogens is 509 g/mol. The van der Waals surface area contributed by atoms with Gasteiger partial charge in [0.1, 0.15) is 0 Å². The van der Waals surface area contributed by atoms with Crippen molar-refractivity contribution in [2.45, 2.75) is 26.2 Å². The lowest BCUT2D eigenvalue weighted by Gasteiger charge is -2.28. The highest BCUT2D eigenvalue weighted by molar-refractivity contribution is 5.95. The largest absolute Gasteiger partial charge is 0.490 e. The molecule has 3 aromatic rings. The quantitative estimate of drug-likeness (QED) is 0.364. The Hall–Kier alpha value is -4.38. The smallest absolute Gasteiger partial charge is 0.475 e. The third-order valence-electron chi connectivity index (χ3n) is 5.67. The number of imidazole rings is 1. The molecule has 3 heterocycles. The van der Waals surface area contributed by atoms with Crippen LogP contribution >= 0.6 is 0 Å². The minimum atomic E-state index is -5.08. The number of benzene rings is 1. The molecule has 0 saturated carbocycles. The average molecular weight is 534 g/mol. The van der Waals surface area contributed by atoms with Gasteiger partial charge in [-0.25, -0.2) is 9.59 Å². The van der Waals surface area contributed by atoms with E-state index in [9.17, 15) is 27.6 Å². The first-order chi connectivity index (χ1) is 18.0. The number of nitrogens with one attached hydrogen (secondary N) is 1. The van der Waals surface area contributed by atoms with Crippen LogP contribution in [0, 0.1) is 11.8 Å². The number of aromatic nitrogens is 4. The Labute approximate surface area is 214 Å². The third-order valence-corrected chi connectivity index (χ3v) is 5.67. The maximum atomic E-state index is 13.4. The fraction of sp³-hybridized carbons (Fsp3) is 0.375. The maximum absolute atomic E-state index is 13.4. The number of carbonyl (C=O) groups excluding carboxylic acids is 1. The van der Waals surface area contributed by atoms with E-state index in [-0.39, 0.29) is 24.4 Å². The minimum Gasteiger partial charge on any atom is -0.475 e. The SMILES string of the molecule is CC#CCn1c(N2CCNCC2)nc2c1c(=O)n(CC(=O)c1ccccc1)c(=O)n2C.O=C(O)C(F)(F)F. The summed E-state index contributed by atoms with van der Waals surface area (Å²) in [6, 6.07) is 8.63. The molecule has 2 aromatic heterocycles. The van der Waals surface area contributed by atoms with Crippen LogP contribution in [-0.4, -0.2) is 67.9 Å². The van der Waals surface area contributed by atoms with E-state index in [0.717, 1.165) is 30.7 Å². The van der Waals surface area contributed by atoms with Crippen LogP contribution in [0.1, 0.15) is 17.3 Å². The van der Waals surface area contributed by atoms with Crippen LogP contribution in [-0.2, 0) is 24.9 Å². The number of carboxylic acids is 1. The van der Waals surface area contributed by atoms with Crippen LogP contribution in [0.25, 0.3) is 11.2 Å². The fourth-order valence-electron chi connectivity index (χ4n) is 3.77. The highest BCUT2D eigenvalue weighted by Gasteiger charge is 2.38. The molecule has 1 aliphatic rings. The molecule has 0 bridgehead atoms. The predicted octanol–water partition coefficient (Wildman–Crippen LogP) is 0.846. The number of Topliss-reactive ketones (excluding diaryl/α,β-unsaturated/α-hetero) is 1. The normalized spacial score (nSPS) is 13.3. The lowest BCUT2D eigenvalue weighted by molar-refractivity contribution is -0.192. The lowest BCUT2D eigenvalue weighted by atomic mass is 10.1. The predicted molar refractivity (Wildman–Crippen MR) is 132 cm³/mol. The summed E-state index contributed by atoms with van der Waals surface area (Å²) in [4.78, 5) is 54.7. The Bertz CT molecular complexity index is 1510. The molecule has 11 nitrogen and oxygen atoms in total. The number of ketones is 1. The number of alkyl halides is 3. The molecule has 4 rings (SSSR count). The summed E-state index contributed by atoms with van der Waals surface area (Å²) >= 11 is 0. The molecule has 0 radical (unpaired) electrons. The number of aliphatic carboxylic acids is 1. The maximum Gasteiger partial charge on any atom is 0.490 e. The fourth-order valence-corrected chi connectivity index (χ4v) is 3.77. The topological polar surface area (TPSA) is 131 Å². The number of carbonyl (C=O) groups is 2. The summed E-state index contributed by atoms with van der Waals surface area (Å²) in [5.41, 5.74) is -0.0819. The molecule has 1 fully saturated rings. The number of rotatable bonds is 5. The summed E-state index contributed by atoms with van der Waals surface area (Å²) in [5.74, 6) is 3.40. The molecule has 0 atom stereocenters. The zero-order valence-corrected chi connectivity index (χ0v) is 20.6. The number of halogens is 3. The first kappa shape index (κ1) is 28.2. The van der Waals surface area contributed by atoms with Crippen LogP contribution in [0.5, 0.6) is 0 Å². The Balaban J connectivity index is 0.000000505. The van der Waals surface area contributed by atoms with E-state index in [1.807, 2.05) is 0 Å². The number of carboxylic acid groups (broad SMARTS) is 1. The van der Waals surface area contributed by atoms with E-state index >= 15 is 0 Å². The number of aryl methyl sites for hydroxylation is 1. The highest BCUT2D eigenvalue weighted by Crippen LogP contribution is 2.20. The zero-order valence-electron chi connectivity index (χ0n) is 20.6. The number of nitrogens with zero attached hydrogens (tertiary/aromatic N) is 5. The highest BCUT2D eigenvalue weighted by atomic mass is 19.4. The van der Waals surface area contributed by atoms with Gasteiger partial charge in [-0.1, -0.05) is 36.3 Å². The molecule has 38 heavy (non-hydrogen) atoms. The number of hydrogen-bond donors (Lipinski definition) is 2. The van der Waals surface area contributed by atoms with Crippen LogP contribution in [0.15, 0.2) is 39.9 Å². The van der Waals surface area contributed by atoms with Gasteiger partial charge in [0.25, 0.3) is 5.56 Å². The lowest BCUT2D eigenvalue weighted by Crippen LogP contribution is -2.44. The molecule has 1 aliphatic heterocycles. The molecular formula is C24H25F3N6O5. The second kappa shape index (κ2) is 11.8. The van der Waals surface area contributed by atoms with Crippen LogP contribution < -0.4 is 21.5 Å². The van der Waals surface area contributed by atoms with Crippen LogP contribution in [0.2, 0.25) is 0 Å². The summed E-state index contributed by atoms with van der Waals surface area (Å²) < 4.78 is 35.8. The van der Waals surface area contributed by atoms with Gasteiger partial charge in [-0.05, 0) is 6.92 Å².